The molecule has 2 saturated heterocycles. The first kappa shape index (κ1) is 30.2. The van der Waals surface area contributed by atoms with E-state index >= 15 is 0 Å². The molecule has 5 heterocycles. The Morgan fingerprint density at radius 2 is 1.84 bits per heavy atom. The summed E-state index contributed by atoms with van der Waals surface area (Å²) in [6.45, 7) is 9.68. The molecule has 0 unspecified atom stereocenters. The number of para-hydroxylation sites is 1. The van der Waals surface area contributed by atoms with Crippen LogP contribution in [0.5, 0.6) is 11.5 Å². The van der Waals surface area contributed by atoms with Gasteiger partial charge >= 0.3 is 0 Å². The van der Waals surface area contributed by atoms with Crippen molar-refractivity contribution in [1.29, 1.82) is 0 Å². The number of hydrogen-bond donors (Lipinski definition) is 3. The second kappa shape index (κ2) is 12.0. The summed E-state index contributed by atoms with van der Waals surface area (Å²) < 4.78 is 25.3. The van der Waals surface area contributed by atoms with Crippen LogP contribution in [0, 0.1) is 0 Å². The minimum atomic E-state index is -2.56. The standard InChI is InChI=1S/C32H40ClN8O3P/c1-39-11-13-40(14-12-39)20-9-10-41-21(15-20)19-44-27-16-24(26(43-2)17-25(27)41)36-32-37-30-29(22(33)18-34-30)31(38-32)35-23-7-5-6-8-28(23)45(3,4)42/h5-8,16-18,20-21H,9-15,19H2,1-4H3,(H3,34,35,36,37,38)/t20-,21+/m0/s1. The second-order valence-corrected chi connectivity index (χ2v) is 16.2. The van der Waals surface area contributed by atoms with Crippen molar-refractivity contribution in [2.24, 2.45) is 0 Å². The lowest BCUT2D eigenvalue weighted by atomic mass is 9.93. The number of aromatic amines is 1. The van der Waals surface area contributed by atoms with Gasteiger partial charge in [-0.25, -0.2) is 0 Å². The highest BCUT2D eigenvalue weighted by molar-refractivity contribution is 7.70. The molecule has 238 valence electrons. The predicted octanol–water partition coefficient (Wildman–Crippen LogP) is 5.33. The van der Waals surface area contributed by atoms with Crippen molar-refractivity contribution in [1.82, 2.24) is 24.8 Å². The fourth-order valence-corrected chi connectivity index (χ4v) is 8.19. The van der Waals surface area contributed by atoms with Crippen LogP contribution in [0.15, 0.2) is 42.6 Å². The summed E-state index contributed by atoms with van der Waals surface area (Å²) in [6, 6.07) is 12.5. The van der Waals surface area contributed by atoms with Crippen molar-refractivity contribution in [3.8, 4) is 11.5 Å². The van der Waals surface area contributed by atoms with Gasteiger partial charge in [-0.3, -0.25) is 4.90 Å². The zero-order valence-electron chi connectivity index (χ0n) is 26.1. The molecule has 45 heavy (non-hydrogen) atoms. The van der Waals surface area contributed by atoms with E-state index in [-0.39, 0.29) is 0 Å². The number of nitrogens with zero attached hydrogens (tertiary/aromatic N) is 5. The van der Waals surface area contributed by atoms with Gasteiger partial charge in [-0.15, -0.1) is 0 Å². The number of ether oxygens (including phenoxy) is 2. The normalized spacial score (nSPS) is 20.8. The lowest BCUT2D eigenvalue weighted by Crippen LogP contribution is -2.57. The molecule has 0 radical (unpaired) electrons. The zero-order valence-corrected chi connectivity index (χ0v) is 27.8. The number of nitrogens with one attached hydrogen (secondary N) is 3. The molecule has 0 saturated carbocycles. The largest absolute Gasteiger partial charge is 0.494 e. The van der Waals surface area contributed by atoms with E-state index in [4.69, 9.17) is 31.0 Å². The first-order chi connectivity index (χ1) is 21.7. The SMILES string of the molecule is COc1cc2c(cc1Nc1nc(Nc3ccccc3P(C)(C)=O)c3c(Cl)c[nH]c3n1)OC[C@H]1C[C@@H](N3CCN(C)CC3)CCN21. The topological polar surface area (TPSA) is 111 Å². The molecule has 2 aromatic carbocycles. The molecule has 2 aromatic heterocycles. The van der Waals surface area contributed by atoms with Gasteiger partial charge in [0.1, 0.15) is 36.7 Å². The lowest BCUT2D eigenvalue weighted by molar-refractivity contribution is 0.0822. The predicted molar refractivity (Wildman–Crippen MR) is 183 cm³/mol. The van der Waals surface area contributed by atoms with E-state index in [9.17, 15) is 4.57 Å². The van der Waals surface area contributed by atoms with Crippen molar-refractivity contribution >= 4 is 63.9 Å². The first-order valence-electron chi connectivity index (χ1n) is 15.4. The number of aromatic nitrogens is 3. The van der Waals surface area contributed by atoms with Crippen LogP contribution in [0.3, 0.4) is 0 Å². The highest BCUT2D eigenvalue weighted by atomic mass is 35.5. The maximum atomic E-state index is 13.0. The molecule has 11 nitrogen and oxygen atoms in total. The summed E-state index contributed by atoms with van der Waals surface area (Å²) in [5, 5.41) is 8.60. The average Bonchev–Trinajstić information content (AvgIpc) is 3.41. The fourth-order valence-electron chi connectivity index (χ4n) is 6.80. The molecule has 3 aliphatic heterocycles. The number of rotatable bonds is 7. The molecule has 7 rings (SSSR count). The van der Waals surface area contributed by atoms with E-state index in [1.54, 1.807) is 26.6 Å². The van der Waals surface area contributed by atoms with Crippen LogP contribution in [0.25, 0.3) is 11.0 Å². The van der Waals surface area contributed by atoms with Crippen LogP contribution < -0.4 is 30.3 Å². The fraction of sp³-hybridized carbons (Fsp3) is 0.438. The summed E-state index contributed by atoms with van der Waals surface area (Å²) in [6.07, 6.45) is 3.92. The van der Waals surface area contributed by atoms with Gasteiger partial charge in [0.05, 0.1) is 40.6 Å². The number of benzene rings is 2. The number of halogens is 1. The molecule has 2 atom stereocenters. The molecule has 0 spiro atoms. The number of fused-ring (bicyclic) bond motifs is 4. The summed E-state index contributed by atoms with van der Waals surface area (Å²) in [4.78, 5) is 20.2. The lowest BCUT2D eigenvalue weighted by Gasteiger charge is -2.48. The Morgan fingerprint density at radius 1 is 1.04 bits per heavy atom. The van der Waals surface area contributed by atoms with Crippen molar-refractivity contribution in [2.45, 2.75) is 24.9 Å². The summed E-state index contributed by atoms with van der Waals surface area (Å²) in [5.74, 6) is 2.32. The minimum absolute atomic E-state index is 0.334. The second-order valence-electron chi connectivity index (χ2n) is 12.6. The highest BCUT2D eigenvalue weighted by Crippen LogP contribution is 2.45. The molecule has 0 amide bonds. The Bertz CT molecular complexity index is 1770. The van der Waals surface area contributed by atoms with Gasteiger partial charge in [0, 0.05) is 62.4 Å². The zero-order chi connectivity index (χ0) is 31.3. The molecule has 4 aromatic rings. The maximum Gasteiger partial charge on any atom is 0.231 e. The number of likely N-dealkylation sites (N-methyl/N-ethyl adjacent to an activating group) is 1. The highest BCUT2D eigenvalue weighted by Gasteiger charge is 2.37. The number of piperazine rings is 1. The number of methoxy groups -OCH3 is 1. The smallest absolute Gasteiger partial charge is 0.231 e. The van der Waals surface area contributed by atoms with Gasteiger partial charge in [0.2, 0.25) is 5.95 Å². The van der Waals surface area contributed by atoms with Gasteiger partial charge in [0.25, 0.3) is 0 Å². The molecule has 0 bridgehead atoms. The maximum absolute atomic E-state index is 13.0. The summed E-state index contributed by atoms with van der Waals surface area (Å²) in [5.41, 5.74) is 3.02. The van der Waals surface area contributed by atoms with Crippen LogP contribution in [-0.4, -0.2) is 104 Å². The number of H-pyrrole nitrogens is 1. The molecular weight excluding hydrogens is 611 g/mol. The van der Waals surface area contributed by atoms with Crippen LogP contribution in [0.2, 0.25) is 5.02 Å². The van der Waals surface area contributed by atoms with Crippen LogP contribution in [0.1, 0.15) is 12.8 Å². The quantitative estimate of drug-likeness (QED) is 0.227. The number of hydrogen-bond acceptors (Lipinski definition) is 10. The van der Waals surface area contributed by atoms with Gasteiger partial charge in [0.15, 0.2) is 0 Å². The number of anilines is 5. The van der Waals surface area contributed by atoms with Gasteiger partial charge < -0.3 is 39.5 Å². The monoisotopic (exact) mass is 650 g/mol. The Labute approximate surface area is 268 Å². The van der Waals surface area contributed by atoms with Crippen LogP contribution in [0.4, 0.5) is 28.8 Å². The van der Waals surface area contributed by atoms with E-state index in [0.29, 0.717) is 63.6 Å². The van der Waals surface area contributed by atoms with Gasteiger partial charge in [-0.05, 0) is 45.4 Å². The van der Waals surface area contributed by atoms with Gasteiger partial charge in [-0.1, -0.05) is 23.7 Å². The van der Waals surface area contributed by atoms with Crippen LogP contribution in [-0.2, 0) is 4.57 Å². The van der Waals surface area contributed by atoms with E-state index in [1.807, 2.05) is 30.3 Å². The van der Waals surface area contributed by atoms with Crippen molar-refractivity contribution < 1.29 is 14.0 Å². The Balaban J connectivity index is 1.16. The molecule has 3 N–H and O–H groups in total. The van der Waals surface area contributed by atoms with E-state index in [1.165, 1.54) is 0 Å². The van der Waals surface area contributed by atoms with Crippen molar-refractivity contribution in [2.75, 3.05) is 82.4 Å². The summed E-state index contributed by atoms with van der Waals surface area (Å²) in [7, 11) is 1.31. The molecular formula is C32H40ClN8O3P. The van der Waals surface area contributed by atoms with E-state index in [2.05, 4.69) is 43.4 Å². The van der Waals surface area contributed by atoms with Crippen LogP contribution >= 0.6 is 18.7 Å². The Morgan fingerprint density at radius 3 is 2.62 bits per heavy atom. The number of piperidine rings is 1. The van der Waals surface area contributed by atoms with E-state index in [0.717, 1.165) is 62.3 Å². The minimum Gasteiger partial charge on any atom is -0.494 e. The molecule has 13 heteroatoms. The first-order valence-corrected chi connectivity index (χ1v) is 18.4. The van der Waals surface area contributed by atoms with Crippen molar-refractivity contribution in [3.63, 3.8) is 0 Å². The molecule has 3 aliphatic rings. The molecule has 0 aliphatic carbocycles. The average molecular weight is 651 g/mol. The third kappa shape index (κ3) is 5.94. The summed E-state index contributed by atoms with van der Waals surface area (Å²) >= 11 is 6.56. The van der Waals surface area contributed by atoms with Crippen molar-refractivity contribution in [3.05, 3.63) is 47.6 Å². The third-order valence-electron chi connectivity index (χ3n) is 9.23. The Kier molecular flexibility index (Phi) is 8.06. The molecule has 2 fully saturated rings. The Hall–Kier alpha value is -3.50. The third-order valence-corrected chi connectivity index (χ3v) is 11.1. The van der Waals surface area contributed by atoms with Gasteiger partial charge in [-0.2, -0.15) is 9.97 Å². The van der Waals surface area contributed by atoms with E-state index < -0.39 is 7.14 Å².